The molecule has 0 aromatic heterocycles. The maximum atomic E-state index is 4.20. The largest absolute Gasteiger partial charge is 0.0651 e. The average Bonchev–Trinajstić information content (AvgIpc) is 2.05. The van der Waals surface area contributed by atoms with Crippen LogP contribution in [0, 0.1) is 24.2 Å². The first-order valence-electron chi connectivity index (χ1n) is 5.35. The fraction of sp³-hybridized carbons (Fsp3) is 0.917. The minimum absolute atomic E-state index is 0.448. The van der Waals surface area contributed by atoms with Gasteiger partial charge in [-0.15, -0.1) is 0 Å². The van der Waals surface area contributed by atoms with Crippen molar-refractivity contribution in [3.8, 4) is 0 Å². The van der Waals surface area contributed by atoms with Crippen molar-refractivity contribution in [2.24, 2.45) is 17.3 Å². The van der Waals surface area contributed by atoms with Crippen molar-refractivity contribution in [1.82, 2.24) is 0 Å². The van der Waals surface area contributed by atoms with E-state index in [2.05, 4.69) is 41.5 Å². The standard InChI is InChI=1S/C12H25/c1-7-11(8-2)12(6,9-3)10(4)5/h10-11H,4,7-9H2,1-3,5-6H3. The van der Waals surface area contributed by atoms with E-state index in [0.717, 1.165) is 5.92 Å². The molecule has 12 heavy (non-hydrogen) atoms. The average molecular weight is 169 g/mol. The Hall–Kier alpha value is 0. The third-order valence-corrected chi connectivity index (χ3v) is 3.81. The molecule has 0 nitrogen and oxygen atoms in total. The molecule has 73 valence electrons. The maximum Gasteiger partial charge on any atom is -0.0275 e. The van der Waals surface area contributed by atoms with Crippen LogP contribution in [0.4, 0.5) is 0 Å². The second kappa shape index (κ2) is 4.89. The topological polar surface area (TPSA) is 0 Å². The van der Waals surface area contributed by atoms with E-state index in [9.17, 15) is 0 Å². The summed E-state index contributed by atoms with van der Waals surface area (Å²) in [7, 11) is 0. The van der Waals surface area contributed by atoms with Crippen LogP contribution < -0.4 is 0 Å². The van der Waals surface area contributed by atoms with E-state index in [-0.39, 0.29) is 0 Å². The molecule has 0 spiro atoms. The third-order valence-electron chi connectivity index (χ3n) is 3.81. The van der Waals surface area contributed by atoms with Crippen LogP contribution in [0.1, 0.15) is 53.9 Å². The highest BCUT2D eigenvalue weighted by molar-refractivity contribution is 4.85. The highest BCUT2D eigenvalue weighted by Gasteiger charge is 2.32. The van der Waals surface area contributed by atoms with Gasteiger partial charge in [-0.25, -0.2) is 0 Å². The van der Waals surface area contributed by atoms with Gasteiger partial charge in [0.15, 0.2) is 0 Å². The van der Waals surface area contributed by atoms with E-state index in [4.69, 9.17) is 0 Å². The summed E-state index contributed by atoms with van der Waals surface area (Å²) in [6.45, 7) is 15.7. The first-order chi connectivity index (χ1) is 5.52. The summed E-state index contributed by atoms with van der Waals surface area (Å²) in [5, 5.41) is 0. The van der Waals surface area contributed by atoms with Crippen LogP contribution >= 0.6 is 0 Å². The van der Waals surface area contributed by atoms with Crippen LogP contribution in [0.25, 0.3) is 0 Å². The molecule has 0 saturated carbocycles. The summed E-state index contributed by atoms with van der Waals surface area (Å²) in [5.74, 6) is 1.40. The van der Waals surface area contributed by atoms with Crippen LogP contribution in [0.15, 0.2) is 0 Å². The quantitative estimate of drug-likeness (QED) is 0.575. The zero-order valence-corrected chi connectivity index (χ0v) is 9.48. The SMILES string of the molecule is [CH2]C(C)C(C)(CC)C(CC)CC. The predicted octanol–water partition coefficient (Wildman–Crippen LogP) is 4.31. The molecule has 0 amide bonds. The van der Waals surface area contributed by atoms with Crippen molar-refractivity contribution in [3.63, 3.8) is 0 Å². The Labute approximate surface area is 78.8 Å². The lowest BCUT2D eigenvalue weighted by Gasteiger charge is -2.40. The van der Waals surface area contributed by atoms with Crippen LogP contribution in [0.5, 0.6) is 0 Å². The Morgan fingerprint density at radius 2 is 1.58 bits per heavy atom. The van der Waals surface area contributed by atoms with Gasteiger partial charge in [-0.05, 0) is 24.2 Å². The first kappa shape index (κ1) is 12.0. The van der Waals surface area contributed by atoms with E-state index in [1.807, 2.05) is 0 Å². The summed E-state index contributed by atoms with van der Waals surface area (Å²) in [5.41, 5.74) is 0.448. The summed E-state index contributed by atoms with van der Waals surface area (Å²) < 4.78 is 0. The van der Waals surface area contributed by atoms with Crippen molar-refractivity contribution in [2.45, 2.75) is 53.9 Å². The predicted molar refractivity (Wildman–Crippen MR) is 57.0 cm³/mol. The second-order valence-electron chi connectivity index (χ2n) is 4.27. The smallest absolute Gasteiger partial charge is 0.0275 e. The molecule has 0 aromatic rings. The molecule has 0 aliphatic rings. The number of hydrogen-bond donors (Lipinski definition) is 0. The van der Waals surface area contributed by atoms with Gasteiger partial charge in [-0.2, -0.15) is 0 Å². The van der Waals surface area contributed by atoms with Gasteiger partial charge in [0.05, 0.1) is 0 Å². The van der Waals surface area contributed by atoms with Gasteiger partial charge in [0, 0.05) is 0 Å². The van der Waals surface area contributed by atoms with Crippen molar-refractivity contribution < 1.29 is 0 Å². The van der Waals surface area contributed by atoms with Crippen LogP contribution in [0.2, 0.25) is 0 Å². The van der Waals surface area contributed by atoms with E-state index < -0.39 is 0 Å². The lowest BCUT2D eigenvalue weighted by molar-refractivity contribution is 0.113. The maximum absolute atomic E-state index is 4.20. The lowest BCUT2D eigenvalue weighted by atomic mass is 9.65. The molecule has 1 radical (unpaired) electrons. The molecule has 0 aromatic carbocycles. The Morgan fingerprint density at radius 3 is 1.67 bits per heavy atom. The number of rotatable bonds is 5. The minimum atomic E-state index is 0.448. The Bertz CT molecular complexity index is 111. The molecule has 0 N–H and O–H groups in total. The molecule has 0 saturated heterocycles. The van der Waals surface area contributed by atoms with Crippen LogP contribution in [-0.4, -0.2) is 0 Å². The fourth-order valence-electron chi connectivity index (χ4n) is 2.26. The van der Waals surface area contributed by atoms with Crippen LogP contribution in [-0.2, 0) is 0 Å². The Morgan fingerprint density at radius 1 is 1.17 bits per heavy atom. The monoisotopic (exact) mass is 169 g/mol. The summed E-state index contributed by atoms with van der Waals surface area (Å²) in [6, 6.07) is 0. The number of hydrogen-bond acceptors (Lipinski definition) is 0. The zero-order chi connectivity index (χ0) is 9.78. The van der Waals surface area contributed by atoms with Crippen molar-refractivity contribution >= 4 is 0 Å². The minimum Gasteiger partial charge on any atom is -0.0651 e. The van der Waals surface area contributed by atoms with E-state index >= 15 is 0 Å². The van der Waals surface area contributed by atoms with Gasteiger partial charge in [0.25, 0.3) is 0 Å². The summed E-state index contributed by atoms with van der Waals surface area (Å²) >= 11 is 0. The van der Waals surface area contributed by atoms with Crippen molar-refractivity contribution in [3.05, 3.63) is 6.92 Å². The molecular formula is C12H25. The normalized spacial score (nSPS) is 17.0. The van der Waals surface area contributed by atoms with Crippen molar-refractivity contribution in [1.29, 1.82) is 0 Å². The Balaban J connectivity index is 4.47. The van der Waals surface area contributed by atoms with Gasteiger partial charge >= 0.3 is 0 Å². The molecule has 0 fully saturated rings. The molecule has 0 heteroatoms. The summed E-state index contributed by atoms with van der Waals surface area (Å²) in [6.07, 6.45) is 3.84. The molecule has 0 rings (SSSR count). The molecule has 2 atom stereocenters. The fourth-order valence-corrected chi connectivity index (χ4v) is 2.26. The van der Waals surface area contributed by atoms with E-state index in [1.165, 1.54) is 19.3 Å². The second-order valence-corrected chi connectivity index (χ2v) is 4.27. The van der Waals surface area contributed by atoms with Gasteiger partial charge in [0.1, 0.15) is 0 Å². The third kappa shape index (κ3) is 2.24. The highest BCUT2D eigenvalue weighted by atomic mass is 14.4. The van der Waals surface area contributed by atoms with Gasteiger partial charge in [-0.1, -0.05) is 53.9 Å². The molecular weight excluding hydrogens is 144 g/mol. The summed E-state index contributed by atoms with van der Waals surface area (Å²) in [4.78, 5) is 0. The van der Waals surface area contributed by atoms with E-state index in [0.29, 0.717) is 11.3 Å². The van der Waals surface area contributed by atoms with Gasteiger partial charge < -0.3 is 0 Å². The highest BCUT2D eigenvalue weighted by Crippen LogP contribution is 2.41. The van der Waals surface area contributed by atoms with Gasteiger partial charge in [0.2, 0.25) is 0 Å². The molecule has 0 bridgehead atoms. The van der Waals surface area contributed by atoms with Crippen LogP contribution in [0.3, 0.4) is 0 Å². The zero-order valence-electron chi connectivity index (χ0n) is 9.48. The first-order valence-corrected chi connectivity index (χ1v) is 5.35. The van der Waals surface area contributed by atoms with Crippen molar-refractivity contribution in [2.75, 3.05) is 0 Å². The molecule has 0 aliphatic carbocycles. The van der Waals surface area contributed by atoms with Gasteiger partial charge in [-0.3, -0.25) is 0 Å². The molecule has 2 unspecified atom stereocenters. The molecule has 0 aliphatic heterocycles. The van der Waals surface area contributed by atoms with E-state index in [1.54, 1.807) is 0 Å². The lowest BCUT2D eigenvalue weighted by Crippen LogP contribution is -2.31. The molecule has 0 heterocycles. The Kier molecular flexibility index (Phi) is 4.89.